The first-order valence-corrected chi connectivity index (χ1v) is 8.13. The van der Waals surface area contributed by atoms with E-state index in [2.05, 4.69) is 9.88 Å². The SMILES string of the molecule is CC(=O)N1CCC[C@@H]1[C@@H]1CCCN1c1nc2ccccc2o1. The highest BCUT2D eigenvalue weighted by Crippen LogP contribution is 2.34. The molecule has 0 aliphatic carbocycles. The van der Waals surface area contributed by atoms with Crippen molar-refractivity contribution in [1.82, 2.24) is 9.88 Å². The van der Waals surface area contributed by atoms with E-state index in [0.717, 1.165) is 49.9 Å². The van der Waals surface area contributed by atoms with Gasteiger partial charge in [-0.05, 0) is 37.8 Å². The van der Waals surface area contributed by atoms with Gasteiger partial charge in [0.25, 0.3) is 6.01 Å². The number of amides is 1. The molecule has 2 aliphatic rings. The predicted octanol–water partition coefficient (Wildman–Crippen LogP) is 2.81. The summed E-state index contributed by atoms with van der Waals surface area (Å²) in [6.07, 6.45) is 4.42. The van der Waals surface area contributed by atoms with Gasteiger partial charge in [0, 0.05) is 20.0 Å². The first-order chi connectivity index (χ1) is 10.7. The summed E-state index contributed by atoms with van der Waals surface area (Å²) >= 11 is 0. The molecule has 4 rings (SSSR count). The molecular formula is C17H21N3O2. The summed E-state index contributed by atoms with van der Waals surface area (Å²) in [5.74, 6) is 0.187. The predicted molar refractivity (Wildman–Crippen MR) is 84.8 cm³/mol. The number of hydrogen-bond donors (Lipinski definition) is 0. The van der Waals surface area contributed by atoms with Gasteiger partial charge < -0.3 is 14.2 Å². The number of fused-ring (bicyclic) bond motifs is 1. The molecular weight excluding hydrogens is 278 g/mol. The number of para-hydroxylation sites is 2. The topological polar surface area (TPSA) is 49.6 Å². The van der Waals surface area contributed by atoms with Gasteiger partial charge in [-0.2, -0.15) is 4.98 Å². The molecule has 0 spiro atoms. The third-order valence-corrected chi connectivity index (χ3v) is 4.98. The van der Waals surface area contributed by atoms with E-state index >= 15 is 0 Å². The maximum absolute atomic E-state index is 11.9. The molecule has 0 unspecified atom stereocenters. The van der Waals surface area contributed by atoms with Crippen LogP contribution in [0.1, 0.15) is 32.6 Å². The molecule has 2 aliphatic heterocycles. The molecule has 2 atom stereocenters. The molecule has 0 radical (unpaired) electrons. The molecule has 0 N–H and O–H groups in total. The van der Waals surface area contributed by atoms with Crippen LogP contribution in [0, 0.1) is 0 Å². The first-order valence-electron chi connectivity index (χ1n) is 8.13. The minimum Gasteiger partial charge on any atom is -0.423 e. The number of aromatic nitrogens is 1. The molecule has 2 saturated heterocycles. The summed E-state index contributed by atoms with van der Waals surface area (Å²) in [5, 5.41) is 0. The zero-order valence-corrected chi connectivity index (χ0v) is 12.9. The molecule has 0 bridgehead atoms. The van der Waals surface area contributed by atoms with Gasteiger partial charge in [-0.3, -0.25) is 4.79 Å². The van der Waals surface area contributed by atoms with E-state index in [-0.39, 0.29) is 5.91 Å². The third kappa shape index (κ3) is 2.16. The molecule has 116 valence electrons. The van der Waals surface area contributed by atoms with Crippen molar-refractivity contribution in [3.63, 3.8) is 0 Å². The number of nitrogens with zero attached hydrogens (tertiary/aromatic N) is 3. The van der Waals surface area contributed by atoms with E-state index in [1.165, 1.54) is 0 Å². The standard InChI is InChI=1S/C17H21N3O2/c1-12(21)19-10-4-7-14(19)15-8-5-11-20(15)17-18-13-6-2-3-9-16(13)22-17/h2-3,6,9,14-15H,4-5,7-8,10-11H2,1H3/t14-,15+/m1/s1. The second-order valence-electron chi connectivity index (χ2n) is 6.29. The lowest BCUT2D eigenvalue weighted by molar-refractivity contribution is -0.129. The largest absolute Gasteiger partial charge is 0.423 e. The second-order valence-corrected chi connectivity index (χ2v) is 6.29. The lowest BCUT2D eigenvalue weighted by Gasteiger charge is -2.33. The third-order valence-electron chi connectivity index (χ3n) is 4.98. The highest BCUT2D eigenvalue weighted by Gasteiger charge is 2.40. The summed E-state index contributed by atoms with van der Waals surface area (Å²) in [4.78, 5) is 20.8. The normalized spacial score (nSPS) is 25.3. The molecule has 0 saturated carbocycles. The summed E-state index contributed by atoms with van der Waals surface area (Å²) < 4.78 is 5.95. The number of likely N-dealkylation sites (tertiary alicyclic amines) is 1. The van der Waals surface area contributed by atoms with Crippen LogP contribution in [0.4, 0.5) is 6.01 Å². The lowest BCUT2D eigenvalue weighted by Crippen LogP contribution is -2.47. The molecule has 5 nitrogen and oxygen atoms in total. The van der Waals surface area contributed by atoms with E-state index < -0.39 is 0 Å². The number of hydrogen-bond acceptors (Lipinski definition) is 4. The van der Waals surface area contributed by atoms with Crippen LogP contribution in [-0.4, -0.2) is 41.0 Å². The number of benzene rings is 1. The Labute approximate surface area is 129 Å². The minimum atomic E-state index is 0.187. The van der Waals surface area contributed by atoms with Crippen molar-refractivity contribution in [3.8, 4) is 0 Å². The van der Waals surface area contributed by atoms with Gasteiger partial charge in [-0.25, -0.2) is 0 Å². The number of rotatable bonds is 2. The van der Waals surface area contributed by atoms with Crippen LogP contribution < -0.4 is 4.90 Å². The molecule has 5 heteroatoms. The van der Waals surface area contributed by atoms with Crippen molar-refractivity contribution >= 4 is 23.0 Å². The van der Waals surface area contributed by atoms with Crippen LogP contribution in [0.3, 0.4) is 0 Å². The van der Waals surface area contributed by atoms with Crippen molar-refractivity contribution in [3.05, 3.63) is 24.3 Å². The van der Waals surface area contributed by atoms with Crippen molar-refractivity contribution in [1.29, 1.82) is 0 Å². The highest BCUT2D eigenvalue weighted by atomic mass is 16.4. The molecule has 1 aromatic carbocycles. The fourth-order valence-electron chi connectivity index (χ4n) is 4.00. The monoisotopic (exact) mass is 299 g/mol. The van der Waals surface area contributed by atoms with Crippen molar-refractivity contribution < 1.29 is 9.21 Å². The Morgan fingerprint density at radius 2 is 1.95 bits per heavy atom. The lowest BCUT2D eigenvalue weighted by atomic mass is 10.0. The van der Waals surface area contributed by atoms with E-state index in [9.17, 15) is 4.79 Å². The van der Waals surface area contributed by atoms with Crippen molar-refractivity contribution in [2.75, 3.05) is 18.0 Å². The van der Waals surface area contributed by atoms with Crippen molar-refractivity contribution in [2.45, 2.75) is 44.7 Å². The summed E-state index contributed by atoms with van der Waals surface area (Å²) in [7, 11) is 0. The van der Waals surface area contributed by atoms with Gasteiger partial charge in [-0.1, -0.05) is 12.1 Å². The Balaban J connectivity index is 1.64. The Kier molecular flexibility index (Phi) is 3.28. The van der Waals surface area contributed by atoms with Gasteiger partial charge in [0.1, 0.15) is 5.52 Å². The van der Waals surface area contributed by atoms with Crippen LogP contribution in [0.2, 0.25) is 0 Å². The molecule has 2 fully saturated rings. The number of oxazole rings is 1. The van der Waals surface area contributed by atoms with E-state index in [0.29, 0.717) is 18.1 Å². The van der Waals surface area contributed by atoms with Crippen molar-refractivity contribution in [2.24, 2.45) is 0 Å². The molecule has 3 heterocycles. The first kappa shape index (κ1) is 13.6. The Morgan fingerprint density at radius 3 is 2.77 bits per heavy atom. The summed E-state index contributed by atoms with van der Waals surface area (Å²) in [6, 6.07) is 9.21. The quantitative estimate of drug-likeness (QED) is 0.855. The van der Waals surface area contributed by atoms with Crippen LogP contribution in [0.25, 0.3) is 11.1 Å². The summed E-state index contributed by atoms with van der Waals surface area (Å²) in [5.41, 5.74) is 1.73. The number of carbonyl (C=O) groups excluding carboxylic acids is 1. The maximum atomic E-state index is 11.9. The fourth-order valence-corrected chi connectivity index (χ4v) is 4.00. The molecule has 1 amide bonds. The highest BCUT2D eigenvalue weighted by molar-refractivity contribution is 5.75. The number of anilines is 1. The number of carbonyl (C=O) groups is 1. The molecule has 22 heavy (non-hydrogen) atoms. The second kappa shape index (κ2) is 5.30. The zero-order valence-electron chi connectivity index (χ0n) is 12.9. The average molecular weight is 299 g/mol. The van der Waals surface area contributed by atoms with E-state index in [1.54, 1.807) is 6.92 Å². The Bertz CT molecular complexity index is 663. The Morgan fingerprint density at radius 1 is 1.18 bits per heavy atom. The van der Waals surface area contributed by atoms with Gasteiger partial charge >= 0.3 is 0 Å². The van der Waals surface area contributed by atoms with Gasteiger partial charge in [0.15, 0.2) is 5.58 Å². The van der Waals surface area contributed by atoms with Gasteiger partial charge in [0.2, 0.25) is 5.91 Å². The maximum Gasteiger partial charge on any atom is 0.298 e. The summed E-state index contributed by atoms with van der Waals surface area (Å²) in [6.45, 7) is 3.52. The zero-order chi connectivity index (χ0) is 15.1. The van der Waals surface area contributed by atoms with E-state index in [4.69, 9.17) is 4.42 Å². The average Bonchev–Trinajstić information content (AvgIpc) is 3.24. The van der Waals surface area contributed by atoms with Gasteiger partial charge in [-0.15, -0.1) is 0 Å². The Hall–Kier alpha value is -2.04. The van der Waals surface area contributed by atoms with Crippen LogP contribution >= 0.6 is 0 Å². The van der Waals surface area contributed by atoms with E-state index in [1.807, 2.05) is 29.2 Å². The molecule has 2 aromatic rings. The van der Waals surface area contributed by atoms with Gasteiger partial charge in [0.05, 0.1) is 12.1 Å². The minimum absolute atomic E-state index is 0.187. The van der Waals surface area contributed by atoms with Crippen LogP contribution in [0.15, 0.2) is 28.7 Å². The fraction of sp³-hybridized carbons (Fsp3) is 0.529. The van der Waals surface area contributed by atoms with Crippen LogP contribution in [0.5, 0.6) is 0 Å². The van der Waals surface area contributed by atoms with Crippen LogP contribution in [-0.2, 0) is 4.79 Å². The molecule has 1 aromatic heterocycles. The smallest absolute Gasteiger partial charge is 0.298 e.